The maximum absolute atomic E-state index is 5.12. The van der Waals surface area contributed by atoms with E-state index in [1.165, 1.54) is 80.1 Å². The van der Waals surface area contributed by atoms with Gasteiger partial charge in [-0.1, -0.05) is 153 Å². The van der Waals surface area contributed by atoms with Crippen LogP contribution in [0.2, 0.25) is 0 Å². The van der Waals surface area contributed by atoms with E-state index in [1.54, 1.807) is 0 Å². The Hall–Kier alpha value is -6.65. The van der Waals surface area contributed by atoms with Crippen LogP contribution in [0.15, 0.2) is 170 Å². The van der Waals surface area contributed by atoms with Crippen LogP contribution in [0.4, 0.5) is 0 Å². The molecule has 0 amide bonds. The van der Waals surface area contributed by atoms with Crippen molar-refractivity contribution in [1.29, 1.82) is 0 Å². The van der Waals surface area contributed by atoms with Crippen molar-refractivity contribution in [2.45, 2.75) is 37.5 Å². The Labute approximate surface area is 320 Å². The van der Waals surface area contributed by atoms with Crippen LogP contribution in [0.25, 0.3) is 83.9 Å². The molecule has 1 fully saturated rings. The summed E-state index contributed by atoms with van der Waals surface area (Å²) in [6.45, 7) is 0. The molecule has 0 bridgehead atoms. The van der Waals surface area contributed by atoms with Gasteiger partial charge in [-0.2, -0.15) is 0 Å². The van der Waals surface area contributed by atoms with E-state index in [0.29, 0.717) is 17.5 Å². The third-order valence-electron chi connectivity index (χ3n) is 12.0. The predicted octanol–water partition coefficient (Wildman–Crippen LogP) is 12.9. The van der Waals surface area contributed by atoms with E-state index < -0.39 is 0 Å². The summed E-state index contributed by atoms with van der Waals surface area (Å²) in [6.07, 6.45) is 6.09. The third kappa shape index (κ3) is 5.16. The van der Waals surface area contributed by atoms with Gasteiger partial charge in [-0.3, -0.25) is 0 Å². The van der Waals surface area contributed by atoms with Crippen molar-refractivity contribution in [3.8, 4) is 62.1 Å². The highest BCUT2D eigenvalue weighted by atomic mass is 15.0. The van der Waals surface area contributed by atoms with Gasteiger partial charge in [0.1, 0.15) is 0 Å². The van der Waals surface area contributed by atoms with E-state index >= 15 is 0 Å². The standard InChI is InChI=1S/C51H38N4/c1-5-16-34(17-6-1)37-22-15-23-39(30-37)55-46-25-12-11-24-40(46)43-32-45-42(33-47(43)55)41-31-38(26-27-44(41)51(45)28-13-4-14-29-51)50-53-48(35-18-7-2-8-19-35)52-49(54-50)36-20-9-3-10-21-36/h1-3,5-12,15-27,30-33H,4,13-14,28-29H2. The number of rotatable bonds is 5. The summed E-state index contributed by atoms with van der Waals surface area (Å²) < 4.78 is 2.47. The topological polar surface area (TPSA) is 43.6 Å². The molecule has 0 aliphatic heterocycles. The second-order valence-corrected chi connectivity index (χ2v) is 15.1. The molecule has 2 aliphatic carbocycles. The zero-order valence-electron chi connectivity index (χ0n) is 30.5. The molecule has 2 heterocycles. The fourth-order valence-corrected chi connectivity index (χ4v) is 9.47. The minimum Gasteiger partial charge on any atom is -0.309 e. The van der Waals surface area contributed by atoms with Crippen LogP contribution >= 0.6 is 0 Å². The molecule has 11 rings (SSSR count). The highest BCUT2D eigenvalue weighted by Crippen LogP contribution is 2.57. The zero-order chi connectivity index (χ0) is 36.3. The maximum atomic E-state index is 5.12. The molecule has 9 aromatic rings. The van der Waals surface area contributed by atoms with E-state index in [9.17, 15) is 0 Å². The van der Waals surface area contributed by atoms with Gasteiger partial charge in [0, 0.05) is 38.6 Å². The number of aromatic nitrogens is 4. The third-order valence-corrected chi connectivity index (χ3v) is 12.0. The lowest BCUT2D eigenvalue weighted by Gasteiger charge is -2.36. The fourth-order valence-electron chi connectivity index (χ4n) is 9.47. The Morgan fingerprint density at radius 2 is 0.964 bits per heavy atom. The molecule has 4 nitrogen and oxygen atoms in total. The molecule has 262 valence electrons. The summed E-state index contributed by atoms with van der Waals surface area (Å²) in [6, 6.07) is 61.1. The SMILES string of the molecule is c1ccc(-c2cccc(-n3c4ccccc4c4cc5c(cc43)-c3cc(-c4nc(-c6ccccc6)nc(-c6ccccc6)n4)ccc3C53CCCCC3)c2)cc1. The van der Waals surface area contributed by atoms with Gasteiger partial charge in [0.15, 0.2) is 17.5 Å². The number of hydrogen-bond donors (Lipinski definition) is 0. The van der Waals surface area contributed by atoms with Gasteiger partial charge in [-0.15, -0.1) is 0 Å². The lowest BCUT2D eigenvalue weighted by Crippen LogP contribution is -2.28. The van der Waals surface area contributed by atoms with Crippen molar-refractivity contribution >= 4 is 21.8 Å². The molecule has 2 aromatic heterocycles. The summed E-state index contributed by atoms with van der Waals surface area (Å²) in [7, 11) is 0. The van der Waals surface area contributed by atoms with E-state index in [4.69, 9.17) is 15.0 Å². The molecule has 4 heteroatoms. The number of para-hydroxylation sites is 1. The van der Waals surface area contributed by atoms with E-state index in [2.05, 4.69) is 138 Å². The highest BCUT2D eigenvalue weighted by Gasteiger charge is 2.44. The molecular formula is C51H38N4. The second kappa shape index (κ2) is 12.7. The lowest BCUT2D eigenvalue weighted by molar-refractivity contribution is 0.353. The smallest absolute Gasteiger partial charge is 0.164 e. The quantitative estimate of drug-likeness (QED) is 0.179. The predicted molar refractivity (Wildman–Crippen MR) is 225 cm³/mol. The van der Waals surface area contributed by atoms with Crippen LogP contribution < -0.4 is 0 Å². The Bertz CT molecular complexity index is 2830. The van der Waals surface area contributed by atoms with Gasteiger partial charge in [0.05, 0.1) is 11.0 Å². The Morgan fingerprint density at radius 1 is 0.382 bits per heavy atom. The summed E-state index contributed by atoms with van der Waals surface area (Å²) in [5.74, 6) is 2.05. The number of nitrogens with zero attached hydrogens (tertiary/aromatic N) is 4. The molecule has 1 spiro atoms. The molecule has 0 unspecified atom stereocenters. The van der Waals surface area contributed by atoms with Crippen LogP contribution in [-0.2, 0) is 5.41 Å². The lowest BCUT2D eigenvalue weighted by atomic mass is 9.67. The zero-order valence-corrected chi connectivity index (χ0v) is 30.5. The normalized spacial score (nSPS) is 14.3. The summed E-state index contributed by atoms with van der Waals surface area (Å²) in [5, 5.41) is 2.61. The Morgan fingerprint density at radius 3 is 1.65 bits per heavy atom. The first-order valence-electron chi connectivity index (χ1n) is 19.5. The van der Waals surface area contributed by atoms with Crippen LogP contribution in [0, 0.1) is 0 Å². The highest BCUT2D eigenvalue weighted by molar-refractivity contribution is 6.11. The minimum absolute atomic E-state index is 0.00440. The van der Waals surface area contributed by atoms with Gasteiger partial charge >= 0.3 is 0 Å². The van der Waals surface area contributed by atoms with Crippen molar-refractivity contribution < 1.29 is 0 Å². The first kappa shape index (κ1) is 31.8. The monoisotopic (exact) mass is 706 g/mol. The molecule has 7 aromatic carbocycles. The summed E-state index contributed by atoms with van der Waals surface area (Å²) in [4.78, 5) is 15.2. The fraction of sp³-hybridized carbons (Fsp3) is 0.118. The second-order valence-electron chi connectivity index (χ2n) is 15.1. The average molecular weight is 707 g/mol. The van der Waals surface area contributed by atoms with Crippen LogP contribution in [0.3, 0.4) is 0 Å². The van der Waals surface area contributed by atoms with Crippen molar-refractivity contribution in [3.05, 3.63) is 181 Å². The molecule has 0 saturated heterocycles. The molecule has 0 atom stereocenters. The van der Waals surface area contributed by atoms with Crippen molar-refractivity contribution in [1.82, 2.24) is 19.5 Å². The molecule has 55 heavy (non-hydrogen) atoms. The van der Waals surface area contributed by atoms with E-state index in [1.807, 2.05) is 36.4 Å². The maximum Gasteiger partial charge on any atom is 0.164 e. The Balaban J connectivity index is 1.14. The average Bonchev–Trinajstić information content (AvgIpc) is 3.72. The molecular weight excluding hydrogens is 669 g/mol. The van der Waals surface area contributed by atoms with Crippen molar-refractivity contribution in [3.63, 3.8) is 0 Å². The molecule has 2 aliphatic rings. The largest absolute Gasteiger partial charge is 0.309 e. The van der Waals surface area contributed by atoms with Crippen LogP contribution in [-0.4, -0.2) is 19.5 Å². The van der Waals surface area contributed by atoms with Gasteiger partial charge in [-0.05, 0) is 82.6 Å². The number of benzene rings is 7. The van der Waals surface area contributed by atoms with E-state index in [0.717, 1.165) is 29.5 Å². The first-order valence-corrected chi connectivity index (χ1v) is 19.5. The molecule has 1 saturated carbocycles. The number of hydrogen-bond acceptors (Lipinski definition) is 3. The van der Waals surface area contributed by atoms with Gasteiger partial charge in [0.2, 0.25) is 0 Å². The first-order chi connectivity index (χ1) is 27.2. The minimum atomic E-state index is -0.00440. The summed E-state index contributed by atoms with van der Waals surface area (Å²) >= 11 is 0. The molecule has 0 radical (unpaired) electrons. The van der Waals surface area contributed by atoms with Gasteiger partial charge in [-0.25, -0.2) is 15.0 Å². The van der Waals surface area contributed by atoms with E-state index in [-0.39, 0.29) is 5.41 Å². The Kier molecular flexibility index (Phi) is 7.38. The van der Waals surface area contributed by atoms with Gasteiger partial charge in [0.25, 0.3) is 0 Å². The molecule has 0 N–H and O–H groups in total. The van der Waals surface area contributed by atoms with Crippen LogP contribution in [0.5, 0.6) is 0 Å². The van der Waals surface area contributed by atoms with Crippen molar-refractivity contribution in [2.75, 3.05) is 0 Å². The van der Waals surface area contributed by atoms with Crippen LogP contribution in [0.1, 0.15) is 43.2 Å². The summed E-state index contributed by atoms with van der Waals surface area (Å²) in [5.41, 5.74) is 14.5. The van der Waals surface area contributed by atoms with Crippen molar-refractivity contribution in [2.24, 2.45) is 0 Å². The number of fused-ring (bicyclic) bond motifs is 8. The van der Waals surface area contributed by atoms with Gasteiger partial charge < -0.3 is 4.57 Å².